The molecule has 1 heterocycles. The minimum Gasteiger partial charge on any atom is -0.496 e. The standard InChI is InChI=1S/C23H32FN3O2/c1-29-21-3-2-20(24)13-19(21)14-26-4-6-27(7-5-26)23(28)25-22-17-9-15-8-16(11-17)12-18(22)10-15/h2-3,13,15-18,22H,4-12,14H2,1H3,(H,25,28). The fourth-order valence-corrected chi connectivity index (χ4v) is 6.62. The summed E-state index contributed by atoms with van der Waals surface area (Å²) in [6.45, 7) is 3.68. The third kappa shape index (κ3) is 3.83. The molecule has 0 radical (unpaired) electrons. The first-order valence-electron chi connectivity index (χ1n) is 11.2. The van der Waals surface area contributed by atoms with Crippen molar-refractivity contribution in [3.05, 3.63) is 29.6 Å². The molecule has 1 saturated heterocycles. The summed E-state index contributed by atoms with van der Waals surface area (Å²) >= 11 is 0. The topological polar surface area (TPSA) is 44.8 Å². The Morgan fingerprint density at radius 2 is 1.72 bits per heavy atom. The van der Waals surface area contributed by atoms with Crippen LogP contribution in [0, 0.1) is 29.5 Å². The van der Waals surface area contributed by atoms with Crippen molar-refractivity contribution in [2.24, 2.45) is 23.7 Å². The summed E-state index contributed by atoms with van der Waals surface area (Å²) in [5, 5.41) is 3.42. The summed E-state index contributed by atoms with van der Waals surface area (Å²) in [5.41, 5.74) is 0.860. The maximum atomic E-state index is 13.6. The molecule has 5 nitrogen and oxygen atoms in total. The van der Waals surface area contributed by atoms with Crippen molar-refractivity contribution in [2.75, 3.05) is 33.3 Å². The predicted octanol–water partition coefficient (Wildman–Crippen LogP) is 3.49. The van der Waals surface area contributed by atoms with Gasteiger partial charge in [0.1, 0.15) is 11.6 Å². The molecule has 0 aromatic heterocycles. The van der Waals surface area contributed by atoms with E-state index in [2.05, 4.69) is 10.2 Å². The van der Waals surface area contributed by atoms with Crippen LogP contribution < -0.4 is 10.1 Å². The lowest BCUT2D eigenvalue weighted by Crippen LogP contribution is -2.59. The number of amides is 2. The molecule has 6 heteroatoms. The molecule has 0 atom stereocenters. The van der Waals surface area contributed by atoms with Gasteiger partial charge in [-0.05, 0) is 74.0 Å². The summed E-state index contributed by atoms with van der Waals surface area (Å²) in [6, 6.07) is 5.16. The van der Waals surface area contributed by atoms with Crippen LogP contribution in [-0.2, 0) is 6.54 Å². The van der Waals surface area contributed by atoms with E-state index >= 15 is 0 Å². The van der Waals surface area contributed by atoms with Crippen LogP contribution in [0.5, 0.6) is 5.75 Å². The Hall–Kier alpha value is -1.82. The zero-order valence-electron chi connectivity index (χ0n) is 17.3. The number of nitrogens with one attached hydrogen (secondary N) is 1. The van der Waals surface area contributed by atoms with E-state index in [4.69, 9.17) is 4.74 Å². The number of benzene rings is 1. The van der Waals surface area contributed by atoms with Crippen LogP contribution in [0.4, 0.5) is 9.18 Å². The third-order valence-corrected chi connectivity index (χ3v) is 7.81. The van der Waals surface area contributed by atoms with Gasteiger partial charge in [-0.1, -0.05) is 0 Å². The van der Waals surface area contributed by atoms with Crippen LogP contribution in [0.1, 0.15) is 37.7 Å². The second kappa shape index (κ2) is 7.78. The average Bonchev–Trinajstić information content (AvgIpc) is 2.71. The highest BCUT2D eigenvalue weighted by atomic mass is 19.1. The third-order valence-electron chi connectivity index (χ3n) is 7.81. The van der Waals surface area contributed by atoms with E-state index in [9.17, 15) is 9.18 Å². The number of halogens is 1. The molecule has 6 rings (SSSR count). The van der Waals surface area contributed by atoms with Gasteiger partial charge >= 0.3 is 6.03 Å². The average molecular weight is 402 g/mol. The number of carbonyl (C=O) groups excluding carboxylic acids is 1. The molecule has 1 aromatic rings. The minimum atomic E-state index is -0.241. The van der Waals surface area contributed by atoms with Gasteiger partial charge in [0.05, 0.1) is 7.11 Å². The maximum Gasteiger partial charge on any atom is 0.317 e. The van der Waals surface area contributed by atoms with Gasteiger partial charge in [0.2, 0.25) is 0 Å². The molecular weight excluding hydrogens is 369 g/mol. The molecule has 4 aliphatic carbocycles. The number of piperazine rings is 1. The summed E-state index contributed by atoms with van der Waals surface area (Å²) in [5.74, 6) is 3.74. The highest BCUT2D eigenvalue weighted by Crippen LogP contribution is 2.53. The van der Waals surface area contributed by atoms with E-state index in [0.29, 0.717) is 30.2 Å². The fraction of sp³-hybridized carbons (Fsp3) is 0.696. The predicted molar refractivity (Wildman–Crippen MR) is 109 cm³/mol. The lowest BCUT2D eigenvalue weighted by molar-refractivity contribution is -0.0116. The van der Waals surface area contributed by atoms with Crippen LogP contribution >= 0.6 is 0 Å². The molecule has 2 amide bonds. The Morgan fingerprint density at radius 1 is 1.07 bits per heavy atom. The van der Waals surface area contributed by atoms with Gasteiger partial charge in [-0.2, -0.15) is 0 Å². The number of urea groups is 1. The van der Waals surface area contributed by atoms with Crippen molar-refractivity contribution in [1.29, 1.82) is 0 Å². The highest BCUT2D eigenvalue weighted by Gasteiger charge is 2.48. The van der Waals surface area contributed by atoms with Crippen LogP contribution in [0.15, 0.2) is 18.2 Å². The number of rotatable bonds is 4. The summed E-state index contributed by atoms with van der Waals surface area (Å²) in [6.07, 6.45) is 6.72. The van der Waals surface area contributed by atoms with Crippen molar-refractivity contribution in [2.45, 2.75) is 44.7 Å². The zero-order valence-corrected chi connectivity index (χ0v) is 17.3. The SMILES string of the molecule is COc1ccc(F)cc1CN1CCN(C(=O)NC2C3CC4CC(C3)CC2C4)CC1. The molecule has 4 bridgehead atoms. The minimum absolute atomic E-state index is 0.116. The molecule has 0 unspecified atom stereocenters. The smallest absolute Gasteiger partial charge is 0.317 e. The molecule has 1 N–H and O–H groups in total. The Kier molecular flexibility index (Phi) is 5.14. The number of carbonyl (C=O) groups is 1. The Balaban J connectivity index is 1.14. The quantitative estimate of drug-likeness (QED) is 0.840. The molecule has 0 spiro atoms. The first kappa shape index (κ1) is 19.2. The maximum absolute atomic E-state index is 13.6. The molecule has 5 fully saturated rings. The second-order valence-electron chi connectivity index (χ2n) is 9.63. The van der Waals surface area contributed by atoms with Crippen molar-refractivity contribution in [3.63, 3.8) is 0 Å². The monoisotopic (exact) mass is 401 g/mol. The van der Waals surface area contributed by atoms with Gasteiger partial charge in [0, 0.05) is 44.3 Å². The molecule has 1 aliphatic heterocycles. The first-order chi connectivity index (χ1) is 14.1. The highest BCUT2D eigenvalue weighted by molar-refractivity contribution is 5.74. The number of methoxy groups -OCH3 is 1. The molecule has 4 saturated carbocycles. The fourth-order valence-electron chi connectivity index (χ4n) is 6.62. The van der Waals surface area contributed by atoms with Crippen molar-refractivity contribution in [1.82, 2.24) is 15.1 Å². The molecule has 29 heavy (non-hydrogen) atoms. The van der Waals surface area contributed by atoms with Crippen LogP contribution in [0.25, 0.3) is 0 Å². The van der Waals surface area contributed by atoms with E-state index in [1.54, 1.807) is 19.2 Å². The lowest BCUT2D eigenvalue weighted by Gasteiger charge is -2.54. The molecular formula is C23H32FN3O2. The van der Waals surface area contributed by atoms with Crippen LogP contribution in [0.3, 0.4) is 0 Å². The van der Waals surface area contributed by atoms with E-state index in [-0.39, 0.29) is 11.8 Å². The summed E-state index contributed by atoms with van der Waals surface area (Å²) in [4.78, 5) is 17.2. The van der Waals surface area contributed by atoms with Gasteiger partial charge < -0.3 is 15.0 Å². The van der Waals surface area contributed by atoms with Crippen LogP contribution in [-0.4, -0.2) is 55.2 Å². The van der Waals surface area contributed by atoms with E-state index in [1.165, 1.54) is 38.2 Å². The van der Waals surface area contributed by atoms with Gasteiger partial charge in [-0.15, -0.1) is 0 Å². The van der Waals surface area contributed by atoms with Crippen LogP contribution in [0.2, 0.25) is 0 Å². The van der Waals surface area contributed by atoms with Gasteiger partial charge in [-0.25, -0.2) is 9.18 Å². The van der Waals surface area contributed by atoms with Crippen molar-refractivity contribution in [3.8, 4) is 5.75 Å². The number of hydrogen-bond donors (Lipinski definition) is 1. The Morgan fingerprint density at radius 3 is 2.34 bits per heavy atom. The first-order valence-corrected chi connectivity index (χ1v) is 11.2. The second-order valence-corrected chi connectivity index (χ2v) is 9.63. The summed E-state index contributed by atoms with van der Waals surface area (Å²) < 4.78 is 19.0. The number of hydrogen-bond acceptors (Lipinski definition) is 3. The van der Waals surface area contributed by atoms with E-state index in [0.717, 1.165) is 43.6 Å². The molecule has 5 aliphatic rings. The lowest BCUT2D eigenvalue weighted by atomic mass is 9.54. The largest absolute Gasteiger partial charge is 0.496 e. The normalized spacial score (nSPS) is 33.7. The van der Waals surface area contributed by atoms with Gasteiger partial charge in [0.15, 0.2) is 0 Å². The van der Waals surface area contributed by atoms with E-state index < -0.39 is 0 Å². The Bertz CT molecular complexity index is 734. The zero-order chi connectivity index (χ0) is 20.0. The number of nitrogens with zero attached hydrogens (tertiary/aromatic N) is 2. The van der Waals surface area contributed by atoms with Gasteiger partial charge in [0.25, 0.3) is 0 Å². The molecule has 158 valence electrons. The van der Waals surface area contributed by atoms with Crippen molar-refractivity contribution >= 4 is 6.03 Å². The Labute approximate surface area is 172 Å². The van der Waals surface area contributed by atoms with Crippen molar-refractivity contribution < 1.29 is 13.9 Å². The molecule has 1 aromatic carbocycles. The number of ether oxygens (including phenoxy) is 1. The van der Waals surface area contributed by atoms with Gasteiger partial charge in [-0.3, -0.25) is 4.90 Å². The summed E-state index contributed by atoms with van der Waals surface area (Å²) in [7, 11) is 1.61. The van der Waals surface area contributed by atoms with E-state index in [1.807, 2.05) is 4.90 Å².